The first-order chi connectivity index (χ1) is 16.4. The summed E-state index contributed by atoms with van der Waals surface area (Å²) < 4.78 is 74.9. The summed E-state index contributed by atoms with van der Waals surface area (Å²) >= 11 is 5.44. The van der Waals surface area contributed by atoms with Crippen molar-refractivity contribution in [1.82, 2.24) is 9.97 Å². The van der Waals surface area contributed by atoms with Crippen LogP contribution in [0.5, 0.6) is 11.5 Å². The van der Waals surface area contributed by atoms with Crippen molar-refractivity contribution in [2.24, 2.45) is 0 Å². The average molecular weight is 534 g/mol. The van der Waals surface area contributed by atoms with E-state index in [4.69, 9.17) is 16.3 Å². The number of methoxy groups -OCH3 is 1. The summed E-state index contributed by atoms with van der Waals surface area (Å²) in [6.07, 6.45) is -4.72. The van der Waals surface area contributed by atoms with Gasteiger partial charge in [0, 0.05) is 29.9 Å². The molecule has 0 unspecified atom stereocenters. The number of halogens is 6. The van der Waals surface area contributed by atoms with Gasteiger partial charge in [0.2, 0.25) is 5.91 Å². The minimum atomic E-state index is -4.72. The molecule has 0 aliphatic rings. The van der Waals surface area contributed by atoms with Crippen molar-refractivity contribution < 1.29 is 36.2 Å². The van der Waals surface area contributed by atoms with Crippen LogP contribution in [-0.4, -0.2) is 41.4 Å². The van der Waals surface area contributed by atoms with Crippen LogP contribution < -0.4 is 14.4 Å². The molecular formula is C22H17ClF5N3O3S. The standard InChI is InChI=1S/C22H17ClF5N3O3S/c1-31(14-5-9-16(10-6-14)34-22(23,27)28)19(32)12-35-20-29-17(11-18(30-20)21(24,25)26)13-3-7-15(33-2)8-4-13/h3-11H,12H2,1-2H3. The number of alkyl halides is 6. The third kappa shape index (κ3) is 7.43. The number of aromatic nitrogens is 2. The molecule has 0 bridgehead atoms. The Kier molecular flexibility index (Phi) is 8.06. The van der Waals surface area contributed by atoms with E-state index in [-0.39, 0.29) is 22.4 Å². The first kappa shape index (κ1) is 26.5. The number of amides is 1. The highest BCUT2D eigenvalue weighted by Gasteiger charge is 2.34. The van der Waals surface area contributed by atoms with Crippen LogP contribution in [0.1, 0.15) is 5.69 Å². The molecule has 0 atom stereocenters. The number of anilines is 1. The molecule has 0 aliphatic carbocycles. The highest BCUT2D eigenvalue weighted by atomic mass is 35.5. The highest BCUT2D eigenvalue weighted by molar-refractivity contribution is 7.99. The molecule has 13 heteroatoms. The predicted molar refractivity (Wildman–Crippen MR) is 121 cm³/mol. The minimum absolute atomic E-state index is 0.0324. The van der Waals surface area contributed by atoms with Crippen LogP contribution in [0.2, 0.25) is 0 Å². The summed E-state index contributed by atoms with van der Waals surface area (Å²) in [5, 5.41) is -0.236. The molecule has 6 nitrogen and oxygen atoms in total. The lowest BCUT2D eigenvalue weighted by molar-refractivity contribution is -0.141. The van der Waals surface area contributed by atoms with Crippen LogP contribution in [0, 0.1) is 0 Å². The fourth-order valence-corrected chi connectivity index (χ4v) is 3.64. The zero-order valence-electron chi connectivity index (χ0n) is 18.1. The topological polar surface area (TPSA) is 64.5 Å². The second kappa shape index (κ2) is 10.6. The van der Waals surface area contributed by atoms with E-state index in [2.05, 4.69) is 14.7 Å². The van der Waals surface area contributed by atoms with E-state index in [1.54, 1.807) is 24.3 Å². The number of rotatable bonds is 8. The number of hydrogen-bond acceptors (Lipinski definition) is 6. The van der Waals surface area contributed by atoms with Gasteiger partial charge in [0.05, 0.1) is 18.6 Å². The number of nitrogens with zero attached hydrogens (tertiary/aromatic N) is 3. The fourth-order valence-electron chi connectivity index (χ4n) is 2.78. The van der Waals surface area contributed by atoms with Crippen LogP contribution in [0.15, 0.2) is 59.8 Å². The van der Waals surface area contributed by atoms with Crippen LogP contribution in [0.4, 0.5) is 27.6 Å². The smallest absolute Gasteiger partial charge is 0.487 e. The van der Waals surface area contributed by atoms with Gasteiger partial charge in [-0.2, -0.15) is 13.2 Å². The van der Waals surface area contributed by atoms with Crippen molar-refractivity contribution in [1.29, 1.82) is 0 Å². The van der Waals surface area contributed by atoms with E-state index in [1.807, 2.05) is 0 Å². The van der Waals surface area contributed by atoms with E-state index in [9.17, 15) is 26.7 Å². The summed E-state index contributed by atoms with van der Waals surface area (Å²) in [7, 11) is 2.88. The number of hydrogen-bond donors (Lipinski definition) is 0. The number of benzene rings is 2. The van der Waals surface area contributed by atoms with Gasteiger partial charge < -0.3 is 14.4 Å². The maximum atomic E-state index is 13.4. The van der Waals surface area contributed by atoms with Gasteiger partial charge in [-0.1, -0.05) is 11.8 Å². The van der Waals surface area contributed by atoms with Crippen LogP contribution in [-0.2, 0) is 11.0 Å². The Bertz CT molecular complexity index is 1170. The molecule has 0 N–H and O–H groups in total. The van der Waals surface area contributed by atoms with E-state index >= 15 is 0 Å². The Morgan fingerprint density at radius 1 is 1.00 bits per heavy atom. The number of carbonyl (C=O) groups is 1. The Balaban J connectivity index is 1.75. The van der Waals surface area contributed by atoms with Gasteiger partial charge >= 0.3 is 11.7 Å². The Hall–Kier alpha value is -3.12. The second-order valence-electron chi connectivity index (χ2n) is 6.93. The van der Waals surface area contributed by atoms with Gasteiger partial charge in [0.25, 0.3) is 0 Å². The largest absolute Gasteiger partial charge is 0.497 e. The van der Waals surface area contributed by atoms with Gasteiger partial charge in [-0.15, -0.1) is 8.78 Å². The van der Waals surface area contributed by atoms with Crippen LogP contribution >= 0.6 is 23.4 Å². The van der Waals surface area contributed by atoms with Crippen molar-refractivity contribution in [3.8, 4) is 22.8 Å². The molecule has 0 radical (unpaired) electrons. The lowest BCUT2D eigenvalue weighted by atomic mass is 10.1. The summed E-state index contributed by atoms with van der Waals surface area (Å²) in [4.78, 5) is 21.5. The fraction of sp³-hybridized carbons (Fsp3) is 0.227. The maximum Gasteiger partial charge on any atom is 0.487 e. The van der Waals surface area contributed by atoms with Crippen LogP contribution in [0.25, 0.3) is 11.3 Å². The van der Waals surface area contributed by atoms with Gasteiger partial charge in [-0.3, -0.25) is 4.79 Å². The predicted octanol–water partition coefficient (Wildman–Crippen LogP) is 6.09. The van der Waals surface area contributed by atoms with E-state index < -0.39 is 23.3 Å². The lowest BCUT2D eigenvalue weighted by Gasteiger charge is -2.18. The lowest BCUT2D eigenvalue weighted by Crippen LogP contribution is -2.28. The van der Waals surface area contributed by atoms with E-state index in [0.29, 0.717) is 17.0 Å². The quantitative estimate of drug-likeness (QED) is 0.151. The third-order valence-electron chi connectivity index (χ3n) is 4.54. The molecule has 35 heavy (non-hydrogen) atoms. The first-order valence-electron chi connectivity index (χ1n) is 9.71. The summed E-state index contributed by atoms with van der Waals surface area (Å²) in [5.74, 6) is -0.457. The molecule has 3 aromatic rings. The molecule has 1 aromatic heterocycles. The molecule has 0 spiro atoms. The van der Waals surface area contributed by atoms with Crippen molar-refractivity contribution in [3.05, 3.63) is 60.3 Å². The van der Waals surface area contributed by atoms with Gasteiger partial charge in [0.15, 0.2) is 5.16 Å². The monoisotopic (exact) mass is 533 g/mol. The Labute approximate surface area is 206 Å². The molecule has 0 aliphatic heterocycles. The first-order valence-corrected chi connectivity index (χ1v) is 11.1. The minimum Gasteiger partial charge on any atom is -0.497 e. The molecule has 0 saturated heterocycles. The summed E-state index contributed by atoms with van der Waals surface area (Å²) in [5.41, 5.74) is -4.24. The maximum absolute atomic E-state index is 13.4. The number of thioether (sulfide) groups is 1. The van der Waals surface area contributed by atoms with Gasteiger partial charge in [-0.05, 0) is 54.6 Å². The summed E-state index contributed by atoms with van der Waals surface area (Å²) in [6.45, 7) is 0. The average Bonchev–Trinajstić information content (AvgIpc) is 2.81. The van der Waals surface area contributed by atoms with Crippen molar-refractivity contribution in [2.75, 3.05) is 24.8 Å². The number of carbonyl (C=O) groups excluding carboxylic acids is 1. The van der Waals surface area contributed by atoms with Gasteiger partial charge in [0.1, 0.15) is 17.2 Å². The normalized spacial score (nSPS) is 11.8. The number of ether oxygens (including phenoxy) is 2. The molecule has 0 saturated carbocycles. The zero-order valence-corrected chi connectivity index (χ0v) is 19.7. The second-order valence-corrected chi connectivity index (χ2v) is 8.31. The van der Waals surface area contributed by atoms with Crippen molar-refractivity contribution >= 4 is 35.0 Å². The third-order valence-corrected chi connectivity index (χ3v) is 5.45. The Morgan fingerprint density at radius 2 is 1.60 bits per heavy atom. The molecule has 0 fully saturated rings. The molecule has 1 amide bonds. The molecule has 186 valence electrons. The molecular weight excluding hydrogens is 517 g/mol. The molecule has 1 heterocycles. The Morgan fingerprint density at radius 3 is 2.14 bits per heavy atom. The molecule has 2 aromatic carbocycles. The SMILES string of the molecule is COc1ccc(-c2cc(C(F)(F)F)nc(SCC(=O)N(C)c3ccc(OC(F)(F)Cl)cc3)n2)cc1. The van der Waals surface area contributed by atoms with E-state index in [0.717, 1.165) is 17.8 Å². The highest BCUT2D eigenvalue weighted by Crippen LogP contribution is 2.33. The zero-order chi connectivity index (χ0) is 25.8. The van der Waals surface area contributed by atoms with E-state index in [1.165, 1.54) is 43.3 Å². The van der Waals surface area contributed by atoms with Crippen LogP contribution in [0.3, 0.4) is 0 Å². The van der Waals surface area contributed by atoms with Gasteiger partial charge in [-0.25, -0.2) is 9.97 Å². The molecule has 3 rings (SSSR count). The summed E-state index contributed by atoms with van der Waals surface area (Å²) in [6, 6.07) is 12.2. The van der Waals surface area contributed by atoms with Crippen molar-refractivity contribution in [2.45, 2.75) is 16.9 Å². The van der Waals surface area contributed by atoms with Crippen molar-refractivity contribution in [3.63, 3.8) is 0 Å².